The molecule has 1 heterocycles. The molecule has 0 spiro atoms. The highest BCUT2D eigenvalue weighted by molar-refractivity contribution is 7.92. The lowest BCUT2D eigenvalue weighted by atomic mass is 10.0. The topological polar surface area (TPSA) is 72.6 Å². The van der Waals surface area contributed by atoms with Crippen molar-refractivity contribution in [1.82, 2.24) is 0 Å². The zero-order valence-electron chi connectivity index (χ0n) is 12.3. The lowest BCUT2D eigenvalue weighted by Gasteiger charge is -2.30. The summed E-state index contributed by atoms with van der Waals surface area (Å²) in [5, 5.41) is 0. The SMILES string of the molecule is COc1ccc(S(=O)(=O)N2CCCc3ccccc32)cc1N. The third-order valence-corrected chi connectivity index (χ3v) is 5.67. The van der Waals surface area contributed by atoms with Crippen molar-refractivity contribution in [1.29, 1.82) is 0 Å². The quantitative estimate of drug-likeness (QED) is 0.882. The summed E-state index contributed by atoms with van der Waals surface area (Å²) in [6.07, 6.45) is 1.70. The minimum atomic E-state index is -3.63. The number of sulfonamides is 1. The molecule has 0 radical (unpaired) electrons. The summed E-state index contributed by atoms with van der Waals surface area (Å²) in [7, 11) is -2.12. The summed E-state index contributed by atoms with van der Waals surface area (Å²) in [6.45, 7) is 0.477. The third-order valence-electron chi connectivity index (χ3n) is 3.86. The zero-order chi connectivity index (χ0) is 15.7. The number of rotatable bonds is 3. The van der Waals surface area contributed by atoms with E-state index in [1.54, 1.807) is 6.07 Å². The van der Waals surface area contributed by atoms with Gasteiger partial charge in [-0.05, 0) is 42.7 Å². The van der Waals surface area contributed by atoms with Crippen molar-refractivity contribution in [3.8, 4) is 5.75 Å². The van der Waals surface area contributed by atoms with Gasteiger partial charge in [-0.15, -0.1) is 0 Å². The Morgan fingerprint density at radius 3 is 2.68 bits per heavy atom. The summed E-state index contributed by atoms with van der Waals surface area (Å²) in [4.78, 5) is 0.183. The molecule has 3 rings (SSSR count). The van der Waals surface area contributed by atoms with Crippen molar-refractivity contribution >= 4 is 21.4 Å². The van der Waals surface area contributed by atoms with E-state index in [0.29, 0.717) is 18.0 Å². The maximum Gasteiger partial charge on any atom is 0.264 e. The van der Waals surface area contributed by atoms with Crippen LogP contribution in [0.5, 0.6) is 5.75 Å². The molecule has 0 bridgehead atoms. The molecule has 0 unspecified atom stereocenters. The Bertz CT molecular complexity index is 803. The Morgan fingerprint density at radius 2 is 1.95 bits per heavy atom. The van der Waals surface area contributed by atoms with Crippen LogP contribution in [-0.2, 0) is 16.4 Å². The second-order valence-electron chi connectivity index (χ2n) is 5.21. The summed E-state index contributed by atoms with van der Waals surface area (Å²) in [5.74, 6) is 0.470. The standard InChI is InChI=1S/C16H18N2O3S/c1-21-16-9-8-13(11-14(16)17)22(19,20)18-10-4-6-12-5-2-3-7-15(12)18/h2-3,5,7-9,11H,4,6,10,17H2,1H3. The van der Waals surface area contributed by atoms with Crippen LogP contribution in [0, 0.1) is 0 Å². The molecule has 5 nitrogen and oxygen atoms in total. The van der Waals surface area contributed by atoms with Gasteiger partial charge in [0.15, 0.2) is 0 Å². The van der Waals surface area contributed by atoms with Crippen LogP contribution in [0.25, 0.3) is 0 Å². The van der Waals surface area contributed by atoms with E-state index in [1.165, 1.54) is 23.5 Å². The van der Waals surface area contributed by atoms with Crippen LogP contribution in [0.4, 0.5) is 11.4 Å². The van der Waals surface area contributed by atoms with Gasteiger partial charge in [0.2, 0.25) is 0 Å². The van der Waals surface area contributed by atoms with Crippen molar-refractivity contribution in [3.63, 3.8) is 0 Å². The number of para-hydroxylation sites is 1. The number of fused-ring (bicyclic) bond motifs is 1. The van der Waals surface area contributed by atoms with Crippen molar-refractivity contribution in [2.75, 3.05) is 23.7 Å². The average molecular weight is 318 g/mol. The molecule has 1 aliphatic heterocycles. The predicted molar refractivity (Wildman–Crippen MR) is 86.7 cm³/mol. The van der Waals surface area contributed by atoms with E-state index < -0.39 is 10.0 Å². The largest absolute Gasteiger partial charge is 0.495 e. The number of nitrogen functional groups attached to an aromatic ring is 1. The van der Waals surface area contributed by atoms with Gasteiger partial charge in [0, 0.05) is 6.54 Å². The molecule has 0 aromatic heterocycles. The Hall–Kier alpha value is -2.21. The molecule has 1 aliphatic rings. The molecule has 0 atom stereocenters. The molecular weight excluding hydrogens is 300 g/mol. The van der Waals surface area contributed by atoms with Crippen molar-refractivity contribution in [2.45, 2.75) is 17.7 Å². The molecule has 2 aromatic rings. The van der Waals surface area contributed by atoms with Crippen LogP contribution in [-0.4, -0.2) is 22.1 Å². The van der Waals surface area contributed by atoms with Gasteiger partial charge < -0.3 is 10.5 Å². The first kappa shape index (κ1) is 14.7. The molecule has 116 valence electrons. The summed E-state index contributed by atoms with van der Waals surface area (Å²) in [5.41, 5.74) is 7.97. The zero-order valence-corrected chi connectivity index (χ0v) is 13.1. The Kier molecular flexibility index (Phi) is 3.70. The fourth-order valence-corrected chi connectivity index (χ4v) is 4.33. The van der Waals surface area contributed by atoms with Crippen LogP contribution in [0.15, 0.2) is 47.4 Å². The maximum absolute atomic E-state index is 12.9. The van der Waals surface area contributed by atoms with E-state index in [4.69, 9.17) is 10.5 Å². The van der Waals surface area contributed by atoms with Crippen LogP contribution in [0.1, 0.15) is 12.0 Å². The van der Waals surface area contributed by atoms with Gasteiger partial charge in [0.05, 0.1) is 23.4 Å². The number of anilines is 2. The van der Waals surface area contributed by atoms with Crippen LogP contribution < -0.4 is 14.8 Å². The lowest BCUT2D eigenvalue weighted by molar-refractivity contribution is 0.416. The number of methoxy groups -OCH3 is 1. The van der Waals surface area contributed by atoms with Gasteiger partial charge in [0.25, 0.3) is 10.0 Å². The third kappa shape index (κ3) is 2.39. The monoisotopic (exact) mass is 318 g/mol. The molecule has 2 N–H and O–H groups in total. The molecule has 0 saturated carbocycles. The smallest absolute Gasteiger partial charge is 0.264 e. The number of nitrogens with zero attached hydrogens (tertiary/aromatic N) is 1. The highest BCUT2D eigenvalue weighted by atomic mass is 32.2. The first-order chi connectivity index (χ1) is 10.5. The second-order valence-corrected chi connectivity index (χ2v) is 7.08. The lowest BCUT2D eigenvalue weighted by Crippen LogP contribution is -2.35. The molecular formula is C16H18N2O3S. The number of hydrogen-bond donors (Lipinski definition) is 1. The van der Waals surface area contributed by atoms with E-state index in [2.05, 4.69) is 0 Å². The first-order valence-electron chi connectivity index (χ1n) is 7.08. The van der Waals surface area contributed by atoms with Crippen molar-refractivity contribution in [2.24, 2.45) is 0 Å². The fourth-order valence-electron chi connectivity index (χ4n) is 2.75. The fraction of sp³-hybridized carbons (Fsp3) is 0.250. The van der Waals surface area contributed by atoms with E-state index >= 15 is 0 Å². The van der Waals surface area contributed by atoms with Crippen LogP contribution in [0.3, 0.4) is 0 Å². The van der Waals surface area contributed by atoms with Crippen LogP contribution >= 0.6 is 0 Å². The predicted octanol–water partition coefficient (Wildman–Crippen LogP) is 2.42. The average Bonchev–Trinajstić information content (AvgIpc) is 2.54. The first-order valence-corrected chi connectivity index (χ1v) is 8.52. The van der Waals surface area contributed by atoms with E-state index in [1.807, 2.05) is 24.3 Å². The summed E-state index contributed by atoms with van der Waals surface area (Å²) < 4.78 is 32.4. The van der Waals surface area contributed by atoms with Gasteiger partial charge >= 0.3 is 0 Å². The Morgan fingerprint density at radius 1 is 1.18 bits per heavy atom. The number of benzene rings is 2. The van der Waals surface area contributed by atoms with Gasteiger partial charge in [-0.25, -0.2) is 8.42 Å². The summed E-state index contributed by atoms with van der Waals surface area (Å²) in [6, 6.07) is 12.2. The van der Waals surface area contributed by atoms with Gasteiger partial charge in [-0.3, -0.25) is 4.31 Å². The minimum absolute atomic E-state index is 0.183. The molecule has 2 aromatic carbocycles. The second kappa shape index (κ2) is 5.53. The minimum Gasteiger partial charge on any atom is -0.495 e. The highest BCUT2D eigenvalue weighted by Gasteiger charge is 2.29. The molecule has 6 heteroatoms. The van der Waals surface area contributed by atoms with Crippen molar-refractivity contribution in [3.05, 3.63) is 48.0 Å². The Balaban J connectivity index is 2.06. The highest BCUT2D eigenvalue weighted by Crippen LogP contribution is 2.33. The molecule has 0 saturated heterocycles. The molecule has 0 amide bonds. The maximum atomic E-state index is 12.9. The van der Waals surface area contributed by atoms with E-state index in [-0.39, 0.29) is 4.90 Å². The molecule has 22 heavy (non-hydrogen) atoms. The number of ether oxygens (including phenoxy) is 1. The summed E-state index contributed by atoms with van der Waals surface area (Å²) >= 11 is 0. The Labute approximate surface area is 130 Å². The normalized spacial score (nSPS) is 14.5. The van der Waals surface area contributed by atoms with Gasteiger partial charge in [0.1, 0.15) is 5.75 Å². The van der Waals surface area contributed by atoms with E-state index in [0.717, 1.165) is 24.1 Å². The number of nitrogens with two attached hydrogens (primary N) is 1. The number of hydrogen-bond acceptors (Lipinski definition) is 4. The van der Waals surface area contributed by atoms with Crippen molar-refractivity contribution < 1.29 is 13.2 Å². The van der Waals surface area contributed by atoms with Gasteiger partial charge in [-0.2, -0.15) is 0 Å². The van der Waals surface area contributed by atoms with Crippen LogP contribution in [0.2, 0.25) is 0 Å². The van der Waals surface area contributed by atoms with Gasteiger partial charge in [-0.1, -0.05) is 18.2 Å². The molecule has 0 aliphatic carbocycles. The molecule has 0 fully saturated rings. The number of aryl methyl sites for hydroxylation is 1. The van der Waals surface area contributed by atoms with E-state index in [9.17, 15) is 8.42 Å².